The number of carbonyl (C=O) groups excluding carboxylic acids is 1. The average Bonchev–Trinajstić information content (AvgIpc) is 3.44. The van der Waals surface area contributed by atoms with Crippen molar-refractivity contribution in [3.8, 4) is 16.3 Å². The van der Waals surface area contributed by atoms with Gasteiger partial charge in [-0.1, -0.05) is 30.3 Å². The number of ether oxygens (including phenoxy) is 2. The van der Waals surface area contributed by atoms with E-state index in [1.54, 1.807) is 17.5 Å². The van der Waals surface area contributed by atoms with Crippen LogP contribution < -0.4 is 10.1 Å². The number of rotatable bonds is 7. The molecule has 1 N–H and O–H groups in total. The molecule has 0 saturated carbocycles. The second-order valence-corrected chi connectivity index (χ2v) is 7.66. The molecule has 1 aliphatic heterocycles. The minimum absolute atomic E-state index is 0.0675. The highest BCUT2D eigenvalue weighted by atomic mass is 32.1. The normalized spacial score (nSPS) is 16.0. The maximum Gasteiger partial charge on any atom is 0.270 e. The molecule has 7 heteroatoms. The fourth-order valence-corrected chi connectivity index (χ4v) is 3.93. The molecule has 3 aromatic rings. The summed E-state index contributed by atoms with van der Waals surface area (Å²) in [5, 5.41) is 4.92. The van der Waals surface area contributed by atoms with Crippen molar-refractivity contribution in [2.45, 2.75) is 25.6 Å². The highest BCUT2D eigenvalue weighted by Crippen LogP contribution is 2.29. The molecule has 150 valence electrons. The van der Waals surface area contributed by atoms with Crippen molar-refractivity contribution in [3.63, 3.8) is 0 Å². The van der Waals surface area contributed by atoms with Crippen molar-refractivity contribution in [1.82, 2.24) is 10.3 Å². The Morgan fingerprint density at radius 1 is 1.28 bits per heavy atom. The Balaban J connectivity index is 1.38. The van der Waals surface area contributed by atoms with Crippen LogP contribution in [0.15, 0.2) is 53.9 Å². The summed E-state index contributed by atoms with van der Waals surface area (Å²) in [6.45, 7) is 1.57. The van der Waals surface area contributed by atoms with Crippen molar-refractivity contribution in [2.24, 2.45) is 0 Å². The monoisotopic (exact) mass is 412 g/mol. The zero-order valence-corrected chi connectivity index (χ0v) is 16.6. The average molecular weight is 412 g/mol. The van der Waals surface area contributed by atoms with E-state index in [0.29, 0.717) is 29.5 Å². The quantitative estimate of drug-likeness (QED) is 0.623. The summed E-state index contributed by atoms with van der Waals surface area (Å²) in [7, 11) is 0. The number of benzene rings is 2. The molecule has 29 heavy (non-hydrogen) atoms. The van der Waals surface area contributed by atoms with E-state index in [0.717, 1.165) is 25.0 Å². The van der Waals surface area contributed by atoms with E-state index in [9.17, 15) is 9.18 Å². The number of amides is 1. The van der Waals surface area contributed by atoms with E-state index in [2.05, 4.69) is 10.3 Å². The van der Waals surface area contributed by atoms with Crippen LogP contribution in [0.25, 0.3) is 10.6 Å². The van der Waals surface area contributed by atoms with Crippen molar-refractivity contribution >= 4 is 17.2 Å². The molecule has 1 fully saturated rings. The van der Waals surface area contributed by atoms with Crippen molar-refractivity contribution < 1.29 is 18.7 Å². The molecule has 1 saturated heterocycles. The lowest BCUT2D eigenvalue weighted by molar-refractivity contribution is 0.0854. The minimum Gasteiger partial charge on any atom is -0.489 e. The third kappa shape index (κ3) is 4.99. The standard InChI is InChI=1S/C22H21FN2O3S/c23-19-11-16(28-13-15-5-2-1-3-6-15)8-9-18(19)22-25-20(14-29-22)21(26)24-12-17-7-4-10-27-17/h1-3,5-6,8-9,11,14,17H,4,7,10,12-13H2,(H,24,26). The van der Waals surface area contributed by atoms with Crippen LogP contribution in [0.2, 0.25) is 0 Å². The smallest absolute Gasteiger partial charge is 0.270 e. The number of hydrogen-bond acceptors (Lipinski definition) is 5. The SMILES string of the molecule is O=C(NCC1CCCO1)c1csc(-c2ccc(OCc3ccccc3)cc2F)n1. The Labute approximate surface area is 172 Å². The summed E-state index contributed by atoms with van der Waals surface area (Å²) in [6.07, 6.45) is 2.04. The van der Waals surface area contributed by atoms with Crippen LogP contribution in [0.1, 0.15) is 28.9 Å². The fourth-order valence-electron chi connectivity index (χ4n) is 3.10. The van der Waals surface area contributed by atoms with Crippen LogP contribution >= 0.6 is 11.3 Å². The third-order valence-corrected chi connectivity index (χ3v) is 5.55. The molecule has 0 spiro atoms. The van der Waals surface area contributed by atoms with E-state index >= 15 is 0 Å². The number of nitrogens with zero attached hydrogens (tertiary/aromatic N) is 1. The van der Waals surface area contributed by atoms with E-state index in [1.807, 2.05) is 30.3 Å². The minimum atomic E-state index is -0.434. The largest absolute Gasteiger partial charge is 0.489 e. The number of halogens is 1. The molecular formula is C22H21FN2O3S. The van der Waals surface area contributed by atoms with Gasteiger partial charge >= 0.3 is 0 Å². The second-order valence-electron chi connectivity index (χ2n) is 6.80. The molecule has 0 bridgehead atoms. The van der Waals surface area contributed by atoms with E-state index in [-0.39, 0.29) is 17.7 Å². The Morgan fingerprint density at radius 3 is 2.90 bits per heavy atom. The molecule has 1 aromatic heterocycles. The molecule has 1 atom stereocenters. The van der Waals surface area contributed by atoms with Gasteiger partial charge in [-0.05, 0) is 30.5 Å². The first kappa shape index (κ1) is 19.5. The van der Waals surface area contributed by atoms with Gasteiger partial charge in [0.1, 0.15) is 28.9 Å². The van der Waals surface area contributed by atoms with Crippen LogP contribution in [0, 0.1) is 5.82 Å². The number of aromatic nitrogens is 1. The second kappa shape index (κ2) is 9.15. The van der Waals surface area contributed by atoms with Crippen LogP contribution in [-0.4, -0.2) is 30.1 Å². The van der Waals surface area contributed by atoms with Gasteiger partial charge in [0.05, 0.1) is 6.10 Å². The summed E-state index contributed by atoms with van der Waals surface area (Å²) in [5.74, 6) is -0.261. The van der Waals surface area contributed by atoms with Crippen molar-refractivity contribution in [3.05, 3.63) is 71.0 Å². The van der Waals surface area contributed by atoms with Gasteiger partial charge in [-0.3, -0.25) is 4.79 Å². The van der Waals surface area contributed by atoms with Gasteiger partial charge in [0.2, 0.25) is 0 Å². The van der Waals surface area contributed by atoms with Crippen LogP contribution in [0.5, 0.6) is 5.75 Å². The molecule has 2 heterocycles. The first-order valence-corrected chi connectivity index (χ1v) is 10.4. The van der Waals surface area contributed by atoms with E-state index in [4.69, 9.17) is 9.47 Å². The fraction of sp³-hybridized carbons (Fsp3) is 0.273. The zero-order valence-electron chi connectivity index (χ0n) is 15.8. The number of thiazole rings is 1. The Morgan fingerprint density at radius 2 is 2.14 bits per heavy atom. The van der Waals surface area contributed by atoms with Gasteiger partial charge in [0.25, 0.3) is 5.91 Å². The Hall–Kier alpha value is -2.77. The predicted octanol–water partition coefficient (Wildman–Crippen LogP) is 4.44. The highest BCUT2D eigenvalue weighted by Gasteiger charge is 2.19. The van der Waals surface area contributed by atoms with Gasteiger partial charge < -0.3 is 14.8 Å². The molecule has 0 radical (unpaired) electrons. The lowest BCUT2D eigenvalue weighted by Crippen LogP contribution is -2.31. The topological polar surface area (TPSA) is 60.5 Å². The lowest BCUT2D eigenvalue weighted by atomic mass is 10.2. The molecule has 1 unspecified atom stereocenters. The Kier molecular flexibility index (Phi) is 6.17. The predicted molar refractivity (Wildman–Crippen MR) is 110 cm³/mol. The molecule has 0 aliphatic carbocycles. The summed E-state index contributed by atoms with van der Waals surface area (Å²) in [6, 6.07) is 14.4. The van der Waals surface area contributed by atoms with Crippen LogP contribution in [0.3, 0.4) is 0 Å². The van der Waals surface area contributed by atoms with Gasteiger partial charge in [0.15, 0.2) is 0 Å². The molecule has 2 aromatic carbocycles. The van der Waals surface area contributed by atoms with Gasteiger partial charge in [0, 0.05) is 30.2 Å². The van der Waals surface area contributed by atoms with E-state index in [1.165, 1.54) is 17.4 Å². The maximum atomic E-state index is 14.6. The van der Waals surface area contributed by atoms with Crippen LogP contribution in [-0.2, 0) is 11.3 Å². The summed E-state index contributed by atoms with van der Waals surface area (Å²) in [5.41, 5.74) is 1.64. The zero-order chi connectivity index (χ0) is 20.1. The Bertz CT molecular complexity index is 971. The summed E-state index contributed by atoms with van der Waals surface area (Å²) >= 11 is 1.24. The number of carbonyl (C=O) groups is 1. The molecule has 4 rings (SSSR count). The summed E-state index contributed by atoms with van der Waals surface area (Å²) in [4.78, 5) is 16.6. The highest BCUT2D eigenvalue weighted by molar-refractivity contribution is 7.13. The number of hydrogen-bond donors (Lipinski definition) is 1. The van der Waals surface area contributed by atoms with Gasteiger partial charge in [-0.15, -0.1) is 11.3 Å². The molecular weight excluding hydrogens is 391 g/mol. The third-order valence-electron chi connectivity index (χ3n) is 4.67. The summed E-state index contributed by atoms with van der Waals surface area (Å²) < 4.78 is 25.7. The van der Waals surface area contributed by atoms with Crippen molar-refractivity contribution in [2.75, 3.05) is 13.2 Å². The van der Waals surface area contributed by atoms with Crippen molar-refractivity contribution in [1.29, 1.82) is 0 Å². The van der Waals surface area contributed by atoms with Crippen LogP contribution in [0.4, 0.5) is 4.39 Å². The molecule has 1 aliphatic rings. The lowest BCUT2D eigenvalue weighted by Gasteiger charge is -2.09. The van der Waals surface area contributed by atoms with Gasteiger partial charge in [-0.2, -0.15) is 0 Å². The molecule has 1 amide bonds. The van der Waals surface area contributed by atoms with E-state index < -0.39 is 5.82 Å². The molecule has 5 nitrogen and oxygen atoms in total. The first-order chi connectivity index (χ1) is 14.2. The first-order valence-electron chi connectivity index (χ1n) is 9.51. The maximum absolute atomic E-state index is 14.6. The van der Waals surface area contributed by atoms with Gasteiger partial charge in [-0.25, -0.2) is 9.37 Å². The number of nitrogens with one attached hydrogen (secondary N) is 1.